The molecule has 0 heterocycles. The normalized spacial score (nSPS) is 10.6. The maximum Gasteiger partial charge on any atom is 1.00 e. The van der Waals surface area contributed by atoms with Crippen LogP contribution in [-0.2, 0) is 10.1 Å². The van der Waals surface area contributed by atoms with Crippen LogP contribution in [0.4, 0.5) is 11.4 Å². The molecule has 0 fully saturated rings. The number of rotatable bonds is 3. The molecular weight excluding hydrogens is 319 g/mol. The molecule has 9 nitrogen and oxygen atoms in total. The van der Waals surface area contributed by atoms with Crippen molar-refractivity contribution in [3.63, 3.8) is 0 Å². The molecule has 0 aromatic heterocycles. The maximum atomic E-state index is 10.7. The van der Waals surface area contributed by atoms with E-state index in [2.05, 4.69) is 0 Å². The molecule has 0 radical (unpaired) electrons. The van der Waals surface area contributed by atoms with Gasteiger partial charge in [-0.25, -0.2) is 8.42 Å². The predicted molar refractivity (Wildman–Crippen MR) is 52.7 cm³/mol. The molecule has 1 aromatic carbocycles. The largest absolute Gasteiger partial charge is 1.00 e. The van der Waals surface area contributed by atoms with Crippen molar-refractivity contribution >= 4 is 33.1 Å². The van der Waals surface area contributed by atoms with E-state index in [1.807, 2.05) is 0 Å². The average Bonchev–Trinajstić information content (AvgIpc) is 2.14. The van der Waals surface area contributed by atoms with E-state index in [1.54, 1.807) is 0 Å². The van der Waals surface area contributed by atoms with Crippen LogP contribution in [0.1, 0.15) is 0 Å². The second kappa shape index (κ2) is 6.34. The molecule has 0 amide bonds. The number of nitro groups is 2. The van der Waals surface area contributed by atoms with Gasteiger partial charge in [0.25, 0.3) is 5.69 Å². The summed E-state index contributed by atoms with van der Waals surface area (Å²) in [6.45, 7) is 0. The van der Waals surface area contributed by atoms with E-state index >= 15 is 0 Å². The van der Waals surface area contributed by atoms with E-state index in [1.165, 1.54) is 0 Å². The van der Waals surface area contributed by atoms with Crippen molar-refractivity contribution in [2.45, 2.75) is 4.90 Å². The quantitative estimate of drug-likeness (QED) is 0.273. The van der Waals surface area contributed by atoms with Gasteiger partial charge in [0.05, 0.1) is 9.85 Å². The van der Waals surface area contributed by atoms with Crippen LogP contribution in [0, 0.1) is 20.2 Å². The smallest absolute Gasteiger partial charge is 0.744 e. The molecule has 0 saturated carbocycles. The monoisotopic (exact) mass is 320 g/mol. The van der Waals surface area contributed by atoms with Crippen LogP contribution in [-0.4, -0.2) is 22.8 Å². The van der Waals surface area contributed by atoms with Gasteiger partial charge in [0.1, 0.15) is 20.0 Å². The maximum absolute atomic E-state index is 10.7. The van der Waals surface area contributed by atoms with Gasteiger partial charge in [0.15, 0.2) is 0 Å². The van der Waals surface area contributed by atoms with Gasteiger partial charge in [-0.15, -0.1) is 0 Å². The fraction of sp³-hybridized carbons (Fsp3) is 0. The Morgan fingerprint density at radius 3 is 1.94 bits per heavy atom. The van der Waals surface area contributed by atoms with E-state index in [4.69, 9.17) is 11.6 Å². The minimum Gasteiger partial charge on any atom is -0.744 e. The Kier molecular flexibility index (Phi) is 6.29. The fourth-order valence-corrected chi connectivity index (χ4v) is 2.06. The van der Waals surface area contributed by atoms with Crippen LogP contribution in [0.5, 0.6) is 0 Å². The van der Waals surface area contributed by atoms with Gasteiger partial charge in [0.2, 0.25) is 0 Å². The first kappa shape index (κ1) is 17.9. The Morgan fingerprint density at radius 2 is 1.61 bits per heavy atom. The molecule has 0 spiro atoms. The zero-order valence-corrected chi connectivity index (χ0v) is 13.4. The zero-order chi connectivity index (χ0) is 13.4. The first-order chi connectivity index (χ1) is 7.64. The molecule has 1 rings (SSSR count). The summed E-state index contributed by atoms with van der Waals surface area (Å²) in [5.74, 6) is 0. The predicted octanol–water partition coefficient (Wildman–Crippen LogP) is -1.94. The second-order valence-electron chi connectivity index (χ2n) is 2.74. The third-order valence-electron chi connectivity index (χ3n) is 1.68. The molecule has 0 aliphatic rings. The average molecular weight is 321 g/mol. The van der Waals surface area contributed by atoms with Gasteiger partial charge in [0, 0.05) is 12.1 Å². The van der Waals surface area contributed by atoms with Crippen LogP contribution in [0.3, 0.4) is 0 Å². The fourth-order valence-electron chi connectivity index (χ4n) is 1.03. The third-order valence-corrected chi connectivity index (χ3v) is 2.81. The standard InChI is InChI=1S/C6H3ClN2O7S.K/c7-4-1-3(8(10)11)2-5(17(14,15)16)6(4)9(12)13;/h1-2H,(H,14,15,16);/q;+1/p-1. The van der Waals surface area contributed by atoms with Crippen molar-refractivity contribution < 1.29 is 74.2 Å². The van der Waals surface area contributed by atoms with Crippen molar-refractivity contribution in [1.82, 2.24) is 0 Å². The Labute approximate surface area is 148 Å². The number of hydrogen-bond donors (Lipinski definition) is 0. The van der Waals surface area contributed by atoms with Crippen LogP contribution in [0.15, 0.2) is 17.0 Å². The van der Waals surface area contributed by atoms with Gasteiger partial charge >= 0.3 is 57.1 Å². The molecule has 0 unspecified atom stereocenters. The number of nitro benzene ring substituents is 2. The Hall–Kier alpha value is -0.144. The van der Waals surface area contributed by atoms with Crippen LogP contribution in [0.25, 0.3) is 0 Å². The number of halogens is 1. The van der Waals surface area contributed by atoms with Gasteiger partial charge in [-0.3, -0.25) is 20.2 Å². The first-order valence-electron chi connectivity index (χ1n) is 3.73. The number of hydrogen-bond acceptors (Lipinski definition) is 7. The molecule has 18 heavy (non-hydrogen) atoms. The summed E-state index contributed by atoms with van der Waals surface area (Å²) in [5.41, 5.74) is -2.00. The molecular formula is C6H2ClKN2O7S. The summed E-state index contributed by atoms with van der Waals surface area (Å²) in [4.78, 5) is 17.4. The van der Waals surface area contributed by atoms with Gasteiger partial charge < -0.3 is 4.55 Å². The summed E-state index contributed by atoms with van der Waals surface area (Å²) in [5, 5.41) is 20.1. The molecule has 12 heteroatoms. The SMILES string of the molecule is O=[N+]([O-])c1cc(Cl)c([N+](=O)[O-])c(S(=O)(=O)[O-])c1.[K+]. The first-order valence-corrected chi connectivity index (χ1v) is 5.51. The minimum atomic E-state index is -5.24. The summed E-state index contributed by atoms with van der Waals surface area (Å²) in [7, 11) is -5.24. The van der Waals surface area contributed by atoms with E-state index in [0.717, 1.165) is 0 Å². The third kappa shape index (κ3) is 3.93. The Balaban J connectivity index is 0.00000289. The Morgan fingerprint density at radius 1 is 1.11 bits per heavy atom. The van der Waals surface area contributed by atoms with Gasteiger partial charge in [-0.2, -0.15) is 0 Å². The molecule has 92 valence electrons. The zero-order valence-electron chi connectivity index (χ0n) is 8.69. The summed E-state index contributed by atoms with van der Waals surface area (Å²) in [6.07, 6.45) is 0. The molecule has 1 aromatic rings. The number of non-ortho nitro benzene ring substituents is 1. The van der Waals surface area contributed by atoms with Crippen molar-refractivity contribution in [1.29, 1.82) is 0 Å². The topological polar surface area (TPSA) is 143 Å². The van der Waals surface area contributed by atoms with Crippen molar-refractivity contribution in [3.05, 3.63) is 37.4 Å². The molecule has 0 aliphatic heterocycles. The van der Waals surface area contributed by atoms with Crippen molar-refractivity contribution in [3.8, 4) is 0 Å². The molecule has 0 atom stereocenters. The molecule has 0 bridgehead atoms. The minimum absolute atomic E-state index is 0. The molecule has 0 saturated heterocycles. The summed E-state index contributed by atoms with van der Waals surface area (Å²) < 4.78 is 32.2. The van der Waals surface area contributed by atoms with E-state index < -0.39 is 41.3 Å². The summed E-state index contributed by atoms with van der Waals surface area (Å²) in [6, 6.07) is 0.890. The Bertz CT molecular complexity index is 617. The van der Waals surface area contributed by atoms with E-state index in [0.29, 0.717) is 12.1 Å². The van der Waals surface area contributed by atoms with E-state index in [-0.39, 0.29) is 51.4 Å². The number of benzene rings is 1. The van der Waals surface area contributed by atoms with Gasteiger partial charge in [-0.05, 0) is 0 Å². The van der Waals surface area contributed by atoms with Crippen LogP contribution in [0.2, 0.25) is 5.02 Å². The molecule has 0 N–H and O–H groups in total. The summed E-state index contributed by atoms with van der Waals surface area (Å²) >= 11 is 5.33. The van der Waals surface area contributed by atoms with Crippen LogP contribution < -0.4 is 51.4 Å². The van der Waals surface area contributed by atoms with Crippen molar-refractivity contribution in [2.75, 3.05) is 0 Å². The second-order valence-corrected chi connectivity index (χ2v) is 4.50. The van der Waals surface area contributed by atoms with Crippen molar-refractivity contribution in [2.24, 2.45) is 0 Å². The van der Waals surface area contributed by atoms with Crippen LogP contribution >= 0.6 is 11.6 Å². The van der Waals surface area contributed by atoms with Gasteiger partial charge in [-0.1, -0.05) is 11.6 Å². The van der Waals surface area contributed by atoms with E-state index in [9.17, 15) is 33.2 Å². The molecule has 0 aliphatic carbocycles. The number of nitrogens with zero attached hydrogens (tertiary/aromatic N) is 2.